The lowest BCUT2D eigenvalue weighted by Gasteiger charge is -2.05. The Morgan fingerprint density at radius 3 is 2.30 bits per heavy atom. The summed E-state index contributed by atoms with van der Waals surface area (Å²) in [6.45, 7) is 3.47. The number of nitrogens with zero attached hydrogens (tertiary/aromatic N) is 1. The van der Waals surface area contributed by atoms with Crippen LogP contribution in [-0.2, 0) is 14.3 Å². The molecule has 2 aromatic rings. The van der Waals surface area contributed by atoms with Gasteiger partial charge in [0.15, 0.2) is 0 Å². The number of benzene rings is 2. The lowest BCUT2D eigenvalue weighted by molar-refractivity contribution is -0.128. The van der Waals surface area contributed by atoms with E-state index < -0.39 is 11.9 Å². The number of nitriles is 1. The van der Waals surface area contributed by atoms with Gasteiger partial charge in [-0.15, -0.1) is 0 Å². The first-order chi connectivity index (χ1) is 16.0. The van der Waals surface area contributed by atoms with Crippen LogP contribution in [0.5, 0.6) is 11.5 Å². The summed E-state index contributed by atoms with van der Waals surface area (Å²) in [5.74, 6) is 0.154. The Morgan fingerprint density at radius 1 is 1.00 bits per heavy atom. The van der Waals surface area contributed by atoms with Crippen molar-refractivity contribution in [1.82, 2.24) is 5.32 Å². The van der Waals surface area contributed by atoms with Crippen LogP contribution < -0.4 is 14.8 Å². The molecular weight excluding hydrogens is 420 g/mol. The lowest BCUT2D eigenvalue weighted by Crippen LogP contribution is -2.27. The number of hydrogen-bond acceptors (Lipinski definition) is 6. The predicted molar refractivity (Wildman–Crippen MR) is 126 cm³/mol. The molecule has 0 heterocycles. The number of esters is 1. The summed E-state index contributed by atoms with van der Waals surface area (Å²) in [5.41, 5.74) is 1.45. The van der Waals surface area contributed by atoms with Crippen LogP contribution in [0.15, 0.2) is 60.2 Å². The second-order valence-electron chi connectivity index (χ2n) is 7.01. The van der Waals surface area contributed by atoms with Crippen molar-refractivity contribution in [1.29, 1.82) is 5.26 Å². The normalized spacial score (nSPS) is 11.1. The maximum Gasteiger partial charge on any atom is 0.336 e. The molecular formula is C26H28N2O5. The van der Waals surface area contributed by atoms with Crippen LogP contribution in [0.1, 0.15) is 30.9 Å². The van der Waals surface area contributed by atoms with E-state index in [4.69, 9.17) is 14.2 Å². The van der Waals surface area contributed by atoms with E-state index in [1.807, 2.05) is 30.3 Å². The zero-order valence-corrected chi connectivity index (χ0v) is 18.9. The second kappa shape index (κ2) is 14.2. The third-order valence-corrected chi connectivity index (χ3v) is 4.42. The Morgan fingerprint density at radius 2 is 1.67 bits per heavy atom. The van der Waals surface area contributed by atoms with Crippen LogP contribution in [0.2, 0.25) is 0 Å². The summed E-state index contributed by atoms with van der Waals surface area (Å²) in [7, 11) is 1.53. The molecule has 2 aromatic carbocycles. The molecule has 1 amide bonds. The third-order valence-electron chi connectivity index (χ3n) is 4.42. The second-order valence-corrected chi connectivity index (χ2v) is 7.01. The van der Waals surface area contributed by atoms with Gasteiger partial charge in [-0.05, 0) is 54.0 Å². The number of rotatable bonds is 12. The Bertz CT molecular complexity index is 1000. The summed E-state index contributed by atoms with van der Waals surface area (Å²) in [4.78, 5) is 24.1. The average Bonchev–Trinajstić information content (AvgIpc) is 2.83. The van der Waals surface area contributed by atoms with Gasteiger partial charge >= 0.3 is 5.97 Å². The summed E-state index contributed by atoms with van der Waals surface area (Å²) in [5, 5.41) is 11.8. The van der Waals surface area contributed by atoms with Crippen molar-refractivity contribution in [2.45, 2.75) is 19.8 Å². The molecule has 172 valence electrons. The molecule has 0 saturated heterocycles. The van der Waals surface area contributed by atoms with Crippen molar-refractivity contribution in [3.63, 3.8) is 0 Å². The molecule has 7 nitrogen and oxygen atoms in total. The minimum atomic E-state index is -0.517. The van der Waals surface area contributed by atoms with E-state index in [9.17, 15) is 14.9 Å². The van der Waals surface area contributed by atoms with E-state index in [1.165, 1.54) is 19.3 Å². The monoisotopic (exact) mass is 448 g/mol. The minimum absolute atomic E-state index is 0.0273. The van der Waals surface area contributed by atoms with Gasteiger partial charge in [0.1, 0.15) is 23.1 Å². The summed E-state index contributed by atoms with van der Waals surface area (Å²) < 4.78 is 15.8. The van der Waals surface area contributed by atoms with E-state index in [2.05, 4.69) is 12.2 Å². The largest absolute Gasteiger partial charge is 0.494 e. The Hall–Kier alpha value is -3.89. The number of methoxy groups -OCH3 is 1. The average molecular weight is 449 g/mol. The lowest BCUT2D eigenvalue weighted by atomic mass is 10.1. The SMILES string of the molecule is CCCCOc1ccc(/C=C/C(=O)Oc2ccc(/C=C(\C#N)C(=O)NCCOC)cc2)cc1. The highest BCUT2D eigenvalue weighted by Gasteiger charge is 2.08. The number of carbonyl (C=O) groups is 2. The fourth-order valence-electron chi connectivity index (χ4n) is 2.63. The molecule has 0 aliphatic heterocycles. The molecule has 0 saturated carbocycles. The molecule has 7 heteroatoms. The van der Waals surface area contributed by atoms with E-state index >= 15 is 0 Å². The number of amides is 1. The van der Waals surface area contributed by atoms with Crippen LogP contribution in [-0.4, -0.2) is 38.7 Å². The van der Waals surface area contributed by atoms with Crippen molar-refractivity contribution in [2.24, 2.45) is 0 Å². The zero-order chi connectivity index (χ0) is 23.9. The fraction of sp³-hybridized carbons (Fsp3) is 0.269. The van der Waals surface area contributed by atoms with Crippen molar-refractivity contribution < 1.29 is 23.8 Å². The Kier molecular flexibility index (Phi) is 10.9. The Balaban J connectivity index is 1.90. The summed E-state index contributed by atoms with van der Waals surface area (Å²) in [6, 6.07) is 15.8. The van der Waals surface area contributed by atoms with Crippen molar-refractivity contribution >= 4 is 24.0 Å². The molecule has 0 spiro atoms. The first-order valence-corrected chi connectivity index (χ1v) is 10.7. The van der Waals surface area contributed by atoms with Gasteiger partial charge < -0.3 is 19.5 Å². The number of carbonyl (C=O) groups excluding carboxylic acids is 2. The highest BCUT2D eigenvalue weighted by molar-refractivity contribution is 6.01. The predicted octanol–water partition coefficient (Wildman–Crippen LogP) is 4.15. The standard InChI is InChI=1S/C26H28N2O5/c1-3-4-16-32-23-10-5-20(6-11-23)9-14-25(29)33-24-12-7-21(8-13-24)18-22(19-27)26(30)28-15-17-31-2/h5-14,18H,3-4,15-17H2,1-2H3,(H,28,30)/b14-9+,22-18+. The third kappa shape index (κ3) is 9.42. The minimum Gasteiger partial charge on any atom is -0.494 e. The smallest absolute Gasteiger partial charge is 0.336 e. The maximum absolute atomic E-state index is 12.1. The number of ether oxygens (including phenoxy) is 3. The van der Waals surface area contributed by atoms with Gasteiger partial charge in [0.2, 0.25) is 0 Å². The van der Waals surface area contributed by atoms with Gasteiger partial charge in [-0.1, -0.05) is 37.6 Å². The molecule has 33 heavy (non-hydrogen) atoms. The van der Waals surface area contributed by atoms with Crippen LogP contribution in [0.4, 0.5) is 0 Å². The van der Waals surface area contributed by atoms with Gasteiger partial charge in [0.25, 0.3) is 5.91 Å². The molecule has 0 atom stereocenters. The summed E-state index contributed by atoms with van der Waals surface area (Å²) in [6.07, 6.45) is 6.56. The van der Waals surface area contributed by atoms with Crippen LogP contribution in [0.3, 0.4) is 0 Å². The van der Waals surface area contributed by atoms with Gasteiger partial charge in [0, 0.05) is 19.7 Å². The van der Waals surface area contributed by atoms with E-state index in [0.29, 0.717) is 31.1 Å². The molecule has 0 aliphatic carbocycles. The highest BCUT2D eigenvalue weighted by Crippen LogP contribution is 2.16. The topological polar surface area (TPSA) is 97.7 Å². The number of hydrogen-bond donors (Lipinski definition) is 1. The molecule has 0 bridgehead atoms. The molecule has 0 fully saturated rings. The van der Waals surface area contributed by atoms with Crippen LogP contribution >= 0.6 is 0 Å². The van der Waals surface area contributed by atoms with E-state index in [1.54, 1.807) is 30.3 Å². The van der Waals surface area contributed by atoms with Gasteiger partial charge in [0.05, 0.1) is 13.2 Å². The fourth-order valence-corrected chi connectivity index (χ4v) is 2.63. The molecule has 0 aliphatic rings. The van der Waals surface area contributed by atoms with Crippen molar-refractivity contribution in [3.05, 3.63) is 71.3 Å². The first-order valence-electron chi connectivity index (χ1n) is 10.7. The summed E-state index contributed by atoms with van der Waals surface area (Å²) >= 11 is 0. The van der Waals surface area contributed by atoms with Crippen LogP contribution in [0, 0.1) is 11.3 Å². The van der Waals surface area contributed by atoms with Crippen LogP contribution in [0.25, 0.3) is 12.2 Å². The molecule has 1 N–H and O–H groups in total. The number of unbranched alkanes of at least 4 members (excludes halogenated alkanes) is 1. The molecule has 0 unspecified atom stereocenters. The Labute approximate surface area is 194 Å². The van der Waals surface area contributed by atoms with Gasteiger partial charge in [-0.25, -0.2) is 4.79 Å². The van der Waals surface area contributed by atoms with Crippen molar-refractivity contribution in [3.8, 4) is 17.6 Å². The number of nitrogens with one attached hydrogen (secondary N) is 1. The zero-order valence-electron chi connectivity index (χ0n) is 18.9. The molecule has 2 rings (SSSR count). The molecule has 0 aromatic heterocycles. The van der Waals surface area contributed by atoms with E-state index in [0.717, 1.165) is 24.2 Å². The first kappa shape index (κ1) is 25.4. The van der Waals surface area contributed by atoms with Gasteiger partial charge in [-0.2, -0.15) is 5.26 Å². The van der Waals surface area contributed by atoms with Crippen molar-refractivity contribution in [2.75, 3.05) is 26.9 Å². The maximum atomic E-state index is 12.1. The van der Waals surface area contributed by atoms with E-state index in [-0.39, 0.29) is 5.57 Å². The highest BCUT2D eigenvalue weighted by atomic mass is 16.5. The quantitative estimate of drug-likeness (QED) is 0.172. The molecule has 0 radical (unpaired) electrons. The van der Waals surface area contributed by atoms with Gasteiger partial charge in [-0.3, -0.25) is 4.79 Å².